The molecule has 1 aromatic carbocycles. The maximum Gasteiger partial charge on any atom is 0.326 e. The van der Waals surface area contributed by atoms with Crippen LogP contribution in [0.15, 0.2) is 18.2 Å². The fraction of sp³-hybridized carbons (Fsp3) is 0.417. The number of esters is 1. The van der Waals surface area contributed by atoms with Gasteiger partial charge in [-0.2, -0.15) is 0 Å². The number of nitrogens with two attached hydrogens (primary N) is 1. The molecule has 1 aromatic rings. The van der Waals surface area contributed by atoms with Crippen molar-refractivity contribution < 1.29 is 9.53 Å². The molecule has 1 aliphatic carbocycles. The van der Waals surface area contributed by atoms with Crippen molar-refractivity contribution >= 4 is 17.6 Å². The summed E-state index contributed by atoms with van der Waals surface area (Å²) in [5, 5.41) is 0.675. The zero-order valence-corrected chi connectivity index (χ0v) is 9.88. The highest BCUT2D eigenvalue weighted by Gasteiger charge is 2.42. The van der Waals surface area contributed by atoms with Crippen molar-refractivity contribution in [3.05, 3.63) is 34.3 Å². The van der Waals surface area contributed by atoms with Crippen molar-refractivity contribution in [1.29, 1.82) is 0 Å². The first-order valence-corrected chi connectivity index (χ1v) is 5.67. The number of carbonyl (C=O) groups excluding carboxylic acids is 1. The van der Waals surface area contributed by atoms with Crippen LogP contribution in [0, 0.1) is 0 Å². The average Bonchev–Trinajstić information content (AvgIpc) is 2.58. The summed E-state index contributed by atoms with van der Waals surface area (Å²) >= 11 is 6.07. The summed E-state index contributed by atoms with van der Waals surface area (Å²) in [6.07, 6.45) is 0.961. The minimum atomic E-state index is -0.941. The number of hydrogen-bond acceptors (Lipinski definition) is 3. The Bertz CT molecular complexity index is 433. The summed E-state index contributed by atoms with van der Waals surface area (Å²) in [5.74, 6) is -0.345. The van der Waals surface area contributed by atoms with Gasteiger partial charge < -0.3 is 10.5 Å². The van der Waals surface area contributed by atoms with Crippen LogP contribution in [0.1, 0.15) is 18.1 Å². The quantitative estimate of drug-likeness (QED) is 0.800. The van der Waals surface area contributed by atoms with E-state index in [-0.39, 0.29) is 5.97 Å². The Labute approximate surface area is 99.5 Å². The summed E-state index contributed by atoms with van der Waals surface area (Å²) < 4.78 is 4.99. The van der Waals surface area contributed by atoms with E-state index in [0.717, 1.165) is 11.1 Å². The molecule has 0 heterocycles. The molecule has 86 valence electrons. The lowest BCUT2D eigenvalue weighted by Gasteiger charge is -2.20. The average molecular weight is 240 g/mol. The first-order chi connectivity index (χ1) is 7.57. The summed E-state index contributed by atoms with van der Waals surface area (Å²) in [6, 6.07) is 5.64. The molecule has 0 saturated heterocycles. The highest BCUT2D eigenvalue weighted by molar-refractivity contribution is 6.31. The van der Waals surface area contributed by atoms with Crippen LogP contribution in [0.25, 0.3) is 0 Å². The molecule has 1 aliphatic rings. The minimum absolute atomic E-state index is 0.345. The molecule has 2 N–H and O–H groups in total. The standard InChI is InChI=1S/C12H14ClNO2/c1-2-16-11(15)12(14)6-8-4-3-5-10(13)9(8)7-12/h3-5H,2,6-7,14H2,1H3. The molecule has 0 aromatic heterocycles. The van der Waals surface area contributed by atoms with Crippen LogP contribution in [-0.2, 0) is 22.4 Å². The number of carbonyl (C=O) groups is 1. The van der Waals surface area contributed by atoms with Crippen LogP contribution in [-0.4, -0.2) is 18.1 Å². The monoisotopic (exact) mass is 239 g/mol. The van der Waals surface area contributed by atoms with Crippen LogP contribution < -0.4 is 5.73 Å². The highest BCUT2D eigenvalue weighted by Crippen LogP contribution is 2.33. The van der Waals surface area contributed by atoms with Gasteiger partial charge in [-0.05, 0) is 24.1 Å². The Hall–Kier alpha value is -1.06. The van der Waals surface area contributed by atoms with E-state index in [2.05, 4.69) is 0 Å². The summed E-state index contributed by atoms with van der Waals surface area (Å²) in [6.45, 7) is 2.12. The smallest absolute Gasteiger partial charge is 0.326 e. The van der Waals surface area contributed by atoms with Crippen molar-refractivity contribution in [3.8, 4) is 0 Å². The number of rotatable bonds is 2. The van der Waals surface area contributed by atoms with Gasteiger partial charge in [-0.3, -0.25) is 4.79 Å². The zero-order chi connectivity index (χ0) is 11.8. The fourth-order valence-corrected chi connectivity index (χ4v) is 2.36. The predicted octanol–water partition coefficient (Wildman–Crippen LogP) is 1.70. The van der Waals surface area contributed by atoms with Crippen LogP contribution in [0.4, 0.5) is 0 Å². The number of benzene rings is 1. The van der Waals surface area contributed by atoms with Crippen molar-refractivity contribution in [2.45, 2.75) is 25.3 Å². The van der Waals surface area contributed by atoms with Gasteiger partial charge in [0.1, 0.15) is 5.54 Å². The zero-order valence-electron chi connectivity index (χ0n) is 9.13. The second-order valence-electron chi connectivity index (χ2n) is 4.11. The van der Waals surface area contributed by atoms with Crippen molar-refractivity contribution in [3.63, 3.8) is 0 Å². The molecule has 0 bridgehead atoms. The van der Waals surface area contributed by atoms with Crippen molar-refractivity contribution in [2.24, 2.45) is 5.73 Å². The van der Waals surface area contributed by atoms with E-state index in [1.165, 1.54) is 0 Å². The normalized spacial score (nSPS) is 22.9. The molecule has 0 saturated carbocycles. The summed E-state index contributed by atoms with van der Waals surface area (Å²) in [7, 11) is 0. The van der Waals surface area contributed by atoms with E-state index in [1.54, 1.807) is 6.92 Å². The molecule has 2 rings (SSSR count). The maximum absolute atomic E-state index is 11.8. The first-order valence-electron chi connectivity index (χ1n) is 5.29. The largest absolute Gasteiger partial charge is 0.465 e. The van der Waals surface area contributed by atoms with Gasteiger partial charge in [-0.25, -0.2) is 0 Å². The first kappa shape index (κ1) is 11.4. The molecule has 1 atom stereocenters. The van der Waals surface area contributed by atoms with Crippen LogP contribution in [0.5, 0.6) is 0 Å². The Kier molecular flexibility index (Phi) is 2.91. The molecule has 4 heteroatoms. The van der Waals surface area contributed by atoms with E-state index in [0.29, 0.717) is 24.5 Å². The van der Waals surface area contributed by atoms with Crippen LogP contribution in [0.2, 0.25) is 5.02 Å². The number of hydrogen-bond donors (Lipinski definition) is 1. The third kappa shape index (κ3) is 1.81. The van der Waals surface area contributed by atoms with E-state index in [1.807, 2.05) is 18.2 Å². The molecule has 0 amide bonds. The third-order valence-corrected chi connectivity index (χ3v) is 3.25. The molecule has 0 radical (unpaired) electrons. The van der Waals surface area contributed by atoms with E-state index in [4.69, 9.17) is 22.1 Å². The highest BCUT2D eigenvalue weighted by atomic mass is 35.5. The predicted molar refractivity (Wildman–Crippen MR) is 62.4 cm³/mol. The Morgan fingerprint density at radius 2 is 2.31 bits per heavy atom. The van der Waals surface area contributed by atoms with Crippen LogP contribution >= 0.6 is 11.6 Å². The van der Waals surface area contributed by atoms with Gasteiger partial charge >= 0.3 is 5.97 Å². The molecule has 0 fully saturated rings. The topological polar surface area (TPSA) is 52.3 Å². The molecule has 3 nitrogen and oxygen atoms in total. The molecule has 0 spiro atoms. The lowest BCUT2D eigenvalue weighted by molar-refractivity contribution is -0.149. The molecule has 1 unspecified atom stereocenters. The second kappa shape index (κ2) is 4.07. The SMILES string of the molecule is CCOC(=O)C1(N)Cc2cccc(Cl)c2C1. The van der Waals surface area contributed by atoms with E-state index < -0.39 is 5.54 Å². The molecular weight excluding hydrogens is 226 g/mol. The summed E-state index contributed by atoms with van der Waals surface area (Å²) in [5.41, 5.74) is 7.15. The molecule has 0 aliphatic heterocycles. The fourth-order valence-electron chi connectivity index (χ4n) is 2.10. The van der Waals surface area contributed by atoms with E-state index >= 15 is 0 Å². The number of halogens is 1. The molecule has 16 heavy (non-hydrogen) atoms. The van der Waals surface area contributed by atoms with Gasteiger partial charge in [0.25, 0.3) is 0 Å². The van der Waals surface area contributed by atoms with Crippen molar-refractivity contribution in [1.82, 2.24) is 0 Å². The Morgan fingerprint density at radius 1 is 1.56 bits per heavy atom. The number of ether oxygens (including phenoxy) is 1. The van der Waals surface area contributed by atoms with Gasteiger partial charge in [0, 0.05) is 17.9 Å². The van der Waals surface area contributed by atoms with Crippen LogP contribution in [0.3, 0.4) is 0 Å². The Morgan fingerprint density at radius 3 is 2.94 bits per heavy atom. The minimum Gasteiger partial charge on any atom is -0.465 e. The second-order valence-corrected chi connectivity index (χ2v) is 4.51. The van der Waals surface area contributed by atoms with Gasteiger partial charge in [-0.15, -0.1) is 0 Å². The number of fused-ring (bicyclic) bond motifs is 1. The van der Waals surface area contributed by atoms with Gasteiger partial charge in [-0.1, -0.05) is 23.7 Å². The lowest BCUT2D eigenvalue weighted by Crippen LogP contribution is -2.50. The summed E-state index contributed by atoms with van der Waals surface area (Å²) in [4.78, 5) is 11.8. The van der Waals surface area contributed by atoms with Crippen molar-refractivity contribution in [2.75, 3.05) is 6.61 Å². The van der Waals surface area contributed by atoms with Gasteiger partial charge in [0.15, 0.2) is 0 Å². The third-order valence-electron chi connectivity index (χ3n) is 2.90. The molecular formula is C12H14ClNO2. The van der Waals surface area contributed by atoms with E-state index in [9.17, 15) is 4.79 Å². The Balaban J connectivity index is 2.27. The maximum atomic E-state index is 11.8. The lowest BCUT2D eigenvalue weighted by atomic mass is 9.97. The van der Waals surface area contributed by atoms with Gasteiger partial charge in [0.2, 0.25) is 0 Å². The van der Waals surface area contributed by atoms with Gasteiger partial charge in [0.05, 0.1) is 6.61 Å².